The molecular formula is C44H52N6O5S. The molecule has 1 saturated heterocycles. The summed E-state index contributed by atoms with van der Waals surface area (Å²) in [6.07, 6.45) is 6.95. The number of benzene rings is 3. The van der Waals surface area contributed by atoms with Crippen molar-refractivity contribution in [2.24, 2.45) is 5.92 Å². The number of piperidine rings is 1. The lowest BCUT2D eigenvalue weighted by atomic mass is 9.94. The molecule has 294 valence electrons. The molecule has 4 N–H and O–H groups in total. The normalized spacial score (nSPS) is 20.8. The van der Waals surface area contributed by atoms with Crippen molar-refractivity contribution < 1.29 is 23.9 Å². The Morgan fingerprint density at radius 1 is 0.929 bits per heavy atom. The quantitative estimate of drug-likeness (QED) is 0.115. The number of ether oxygens (including phenoxy) is 1. The summed E-state index contributed by atoms with van der Waals surface area (Å²) < 4.78 is 6.14. The standard InChI is InChI=1S/C44H52N6O5S/c1-30-9-15-37-26-36(30)28-47-42(52)38(16-12-31-6-3-2-4-7-31)48-43(53)40(41(56)44(54)50-24-5-8-33(29-50)20-25-55-37)49-39(51)19-23-46-27-32-10-13-34(14-11-32)35-17-21-45-22-18-35/h2-4,6-7,9-11,13-15,17-18,21-22,26,33,38,40-41,46,56H,5,8,12,16,19-20,23-25,27-29H2,1H3,(H,47,52)(H,48,53)(H,49,51)/t33?,38-,40-,41?/m0/s1. The first kappa shape index (κ1) is 40.5. The second-order valence-electron chi connectivity index (χ2n) is 14.7. The fourth-order valence-corrected chi connectivity index (χ4v) is 7.59. The highest BCUT2D eigenvalue weighted by molar-refractivity contribution is 7.82. The van der Waals surface area contributed by atoms with E-state index in [1.807, 2.05) is 91.9 Å². The van der Waals surface area contributed by atoms with Gasteiger partial charge in [-0.15, -0.1) is 0 Å². The number of fused-ring (bicyclic) bond motifs is 4. The van der Waals surface area contributed by atoms with Crippen molar-refractivity contribution in [2.75, 3.05) is 26.2 Å². The maximum Gasteiger partial charge on any atom is 0.244 e. The number of carbonyl (C=O) groups excluding carboxylic acids is 4. The topological polar surface area (TPSA) is 142 Å². The third kappa shape index (κ3) is 11.4. The Morgan fingerprint density at radius 2 is 1.70 bits per heavy atom. The van der Waals surface area contributed by atoms with Gasteiger partial charge in [-0.05, 0) is 103 Å². The zero-order chi connectivity index (χ0) is 39.3. The number of aryl methyl sites for hydroxylation is 2. The van der Waals surface area contributed by atoms with Gasteiger partial charge in [0.05, 0.1) is 6.61 Å². The number of hydrogen-bond acceptors (Lipinski definition) is 8. The molecule has 4 atom stereocenters. The maximum absolute atomic E-state index is 14.2. The zero-order valence-electron chi connectivity index (χ0n) is 31.9. The summed E-state index contributed by atoms with van der Waals surface area (Å²) in [5, 5.41) is 10.9. The highest BCUT2D eigenvalue weighted by Gasteiger charge is 2.38. The van der Waals surface area contributed by atoms with Crippen molar-refractivity contribution in [3.8, 4) is 16.9 Å². The van der Waals surface area contributed by atoms with Gasteiger partial charge in [0, 0.05) is 51.5 Å². The van der Waals surface area contributed by atoms with E-state index in [9.17, 15) is 19.2 Å². The zero-order valence-corrected chi connectivity index (χ0v) is 32.8. The van der Waals surface area contributed by atoms with Crippen LogP contribution in [0.2, 0.25) is 0 Å². The molecule has 3 heterocycles. The number of aromatic nitrogens is 1. The van der Waals surface area contributed by atoms with E-state index in [2.05, 4.69) is 26.3 Å². The minimum Gasteiger partial charge on any atom is -0.494 e. The average molecular weight is 777 g/mol. The van der Waals surface area contributed by atoms with Gasteiger partial charge in [-0.1, -0.05) is 60.7 Å². The number of hydrogen-bond donors (Lipinski definition) is 5. The van der Waals surface area contributed by atoms with Crippen LogP contribution in [-0.4, -0.2) is 77.1 Å². The van der Waals surface area contributed by atoms with Crippen molar-refractivity contribution in [1.29, 1.82) is 0 Å². The molecule has 1 aromatic heterocycles. The predicted molar refractivity (Wildman–Crippen MR) is 220 cm³/mol. The van der Waals surface area contributed by atoms with Crippen LogP contribution in [0.1, 0.15) is 54.4 Å². The van der Waals surface area contributed by atoms with Gasteiger partial charge >= 0.3 is 0 Å². The maximum atomic E-state index is 14.2. The van der Waals surface area contributed by atoms with Gasteiger partial charge in [-0.2, -0.15) is 12.6 Å². The Hall–Kier alpha value is -5.20. The third-order valence-corrected chi connectivity index (χ3v) is 11.1. The van der Waals surface area contributed by atoms with Crippen LogP contribution in [0.25, 0.3) is 11.1 Å². The van der Waals surface area contributed by atoms with Crippen LogP contribution in [-0.2, 0) is 38.7 Å². The van der Waals surface area contributed by atoms with Gasteiger partial charge in [0.1, 0.15) is 23.1 Å². The predicted octanol–water partition coefficient (Wildman–Crippen LogP) is 4.78. The molecule has 0 aliphatic carbocycles. The Balaban J connectivity index is 1.16. The number of thiol groups is 1. The molecular weight excluding hydrogens is 725 g/mol. The lowest BCUT2D eigenvalue weighted by molar-refractivity contribution is -0.137. The number of nitrogens with zero attached hydrogens (tertiary/aromatic N) is 2. The molecule has 6 rings (SSSR count). The van der Waals surface area contributed by atoms with Crippen LogP contribution >= 0.6 is 12.6 Å². The van der Waals surface area contributed by atoms with E-state index >= 15 is 0 Å². The van der Waals surface area contributed by atoms with Crippen LogP contribution in [0.15, 0.2) is 97.3 Å². The van der Waals surface area contributed by atoms with E-state index in [0.29, 0.717) is 45.6 Å². The van der Waals surface area contributed by atoms with Crippen LogP contribution in [0.3, 0.4) is 0 Å². The number of amides is 4. The fourth-order valence-electron chi connectivity index (χ4n) is 7.22. The van der Waals surface area contributed by atoms with Crippen molar-refractivity contribution in [2.45, 2.75) is 75.9 Å². The van der Waals surface area contributed by atoms with Crippen LogP contribution in [0, 0.1) is 12.8 Å². The molecule has 12 heteroatoms. The Kier molecular flexibility index (Phi) is 14.5. The van der Waals surface area contributed by atoms with Crippen LogP contribution < -0.4 is 26.0 Å². The molecule has 1 fully saturated rings. The summed E-state index contributed by atoms with van der Waals surface area (Å²) in [6, 6.07) is 25.4. The molecule has 4 aromatic rings. The fraction of sp³-hybridized carbons (Fsp3) is 0.386. The molecule has 3 aromatic carbocycles. The first-order valence-electron chi connectivity index (χ1n) is 19.5. The van der Waals surface area contributed by atoms with Crippen molar-refractivity contribution in [1.82, 2.24) is 31.2 Å². The van der Waals surface area contributed by atoms with E-state index in [1.165, 1.54) is 0 Å². The molecule has 2 aliphatic rings. The minimum absolute atomic E-state index is 0.0652. The van der Waals surface area contributed by atoms with E-state index in [-0.39, 0.29) is 30.7 Å². The highest BCUT2D eigenvalue weighted by Crippen LogP contribution is 2.24. The van der Waals surface area contributed by atoms with E-state index in [4.69, 9.17) is 17.4 Å². The summed E-state index contributed by atoms with van der Waals surface area (Å²) in [5.74, 6) is -0.804. The lowest BCUT2D eigenvalue weighted by Crippen LogP contribution is -2.60. The summed E-state index contributed by atoms with van der Waals surface area (Å²) in [5.41, 5.74) is 6.16. The second kappa shape index (κ2) is 20.1. The second-order valence-corrected chi connectivity index (χ2v) is 15.2. The minimum atomic E-state index is -1.31. The van der Waals surface area contributed by atoms with Crippen LogP contribution in [0.4, 0.5) is 0 Å². The first-order chi connectivity index (χ1) is 27.2. The van der Waals surface area contributed by atoms with Gasteiger partial charge in [-0.3, -0.25) is 24.2 Å². The Labute approximate surface area is 334 Å². The molecule has 0 saturated carbocycles. The molecule has 4 amide bonds. The van der Waals surface area contributed by atoms with Crippen molar-refractivity contribution in [3.63, 3.8) is 0 Å². The first-order valence-corrected chi connectivity index (χ1v) is 20.1. The monoisotopic (exact) mass is 776 g/mol. The largest absolute Gasteiger partial charge is 0.494 e. The van der Waals surface area contributed by atoms with E-state index < -0.39 is 29.1 Å². The molecule has 2 unspecified atom stereocenters. The summed E-state index contributed by atoms with van der Waals surface area (Å²) >= 11 is 4.71. The number of pyridine rings is 1. The highest BCUT2D eigenvalue weighted by atomic mass is 32.1. The van der Waals surface area contributed by atoms with Gasteiger partial charge < -0.3 is 30.9 Å². The Bertz CT molecular complexity index is 1930. The van der Waals surface area contributed by atoms with Gasteiger partial charge in [0.2, 0.25) is 23.6 Å². The van der Waals surface area contributed by atoms with Gasteiger partial charge in [-0.25, -0.2) is 0 Å². The lowest BCUT2D eigenvalue weighted by Gasteiger charge is -2.36. The molecule has 0 radical (unpaired) electrons. The van der Waals surface area contributed by atoms with Gasteiger partial charge in [0.25, 0.3) is 0 Å². The molecule has 11 nitrogen and oxygen atoms in total. The summed E-state index contributed by atoms with van der Waals surface area (Å²) in [6.45, 7) is 4.65. The van der Waals surface area contributed by atoms with E-state index in [0.717, 1.165) is 58.4 Å². The van der Waals surface area contributed by atoms with Crippen molar-refractivity contribution >= 4 is 36.3 Å². The summed E-state index contributed by atoms with van der Waals surface area (Å²) in [4.78, 5) is 61.3. The van der Waals surface area contributed by atoms with E-state index in [1.54, 1.807) is 17.3 Å². The number of rotatable bonds is 10. The Morgan fingerprint density at radius 3 is 2.48 bits per heavy atom. The number of carbonyl (C=O) groups is 4. The summed E-state index contributed by atoms with van der Waals surface area (Å²) in [7, 11) is 0. The molecule has 4 bridgehead atoms. The molecule has 0 spiro atoms. The SMILES string of the molecule is Cc1ccc2cc1CNC(=O)[C@H](CCc1ccccc1)NC(=O)[C@@H](NC(=O)CCNCc1ccc(-c3ccncc3)cc1)C(S)C(=O)N1CCCC(CCO2)C1. The van der Waals surface area contributed by atoms with Crippen molar-refractivity contribution in [3.05, 3.63) is 120 Å². The average Bonchev–Trinajstić information content (AvgIpc) is 3.23. The van der Waals surface area contributed by atoms with Crippen LogP contribution in [0.5, 0.6) is 5.75 Å². The van der Waals surface area contributed by atoms with Gasteiger partial charge in [0.15, 0.2) is 0 Å². The molecule has 2 aliphatic heterocycles. The third-order valence-electron chi connectivity index (χ3n) is 10.6. The molecule has 56 heavy (non-hydrogen) atoms. The number of nitrogens with one attached hydrogen (secondary N) is 4. The smallest absolute Gasteiger partial charge is 0.244 e.